The molecule has 96 valence electrons. The topological polar surface area (TPSA) is 17.1 Å². The van der Waals surface area contributed by atoms with E-state index in [0.29, 0.717) is 11.2 Å². The van der Waals surface area contributed by atoms with Crippen molar-refractivity contribution in [1.29, 1.82) is 0 Å². The summed E-state index contributed by atoms with van der Waals surface area (Å²) in [5.41, 5.74) is 2.00. The van der Waals surface area contributed by atoms with Crippen molar-refractivity contribution in [2.24, 2.45) is 22.7 Å². The molecule has 0 saturated heterocycles. The van der Waals surface area contributed by atoms with Crippen LogP contribution in [0.5, 0.6) is 0 Å². The lowest BCUT2D eigenvalue weighted by Gasteiger charge is -2.56. The Morgan fingerprint density at radius 2 is 2.12 bits per heavy atom. The Balaban J connectivity index is 1.98. The minimum absolute atomic E-state index is 0.147. The maximum absolute atomic E-state index is 11.5. The van der Waals surface area contributed by atoms with Crippen LogP contribution in [0.4, 0.5) is 0 Å². The fraction of sp³-hybridized carbons (Fsp3) is 0.812. The summed E-state index contributed by atoms with van der Waals surface area (Å²) in [6, 6.07) is 0. The number of carbonyl (C=O) groups excluding carboxylic acids is 1. The zero-order valence-corrected chi connectivity index (χ0v) is 12.0. The van der Waals surface area contributed by atoms with Gasteiger partial charge in [0, 0.05) is 5.41 Å². The number of ketones is 1. The first-order chi connectivity index (χ1) is 7.75. The van der Waals surface area contributed by atoms with Gasteiger partial charge in [0.1, 0.15) is 5.78 Å². The summed E-state index contributed by atoms with van der Waals surface area (Å²) in [6.45, 7) is 10.7. The summed E-state index contributed by atoms with van der Waals surface area (Å²) >= 11 is 0. The molecule has 0 heterocycles. The summed E-state index contributed by atoms with van der Waals surface area (Å²) in [7, 11) is 0. The summed E-state index contributed by atoms with van der Waals surface area (Å²) < 4.78 is 0. The Bertz CT molecular complexity index is 360. The molecule has 17 heavy (non-hydrogen) atoms. The van der Waals surface area contributed by atoms with E-state index in [9.17, 15) is 4.79 Å². The Hall–Kier alpha value is -0.590. The van der Waals surface area contributed by atoms with Crippen molar-refractivity contribution in [1.82, 2.24) is 0 Å². The molecule has 0 radical (unpaired) electrons. The second kappa shape index (κ2) is 3.96. The fourth-order valence-electron chi connectivity index (χ4n) is 3.39. The molecule has 0 aromatic rings. The molecule has 1 fully saturated rings. The van der Waals surface area contributed by atoms with Gasteiger partial charge in [-0.25, -0.2) is 0 Å². The van der Waals surface area contributed by atoms with E-state index in [0.717, 1.165) is 24.7 Å². The van der Waals surface area contributed by atoms with Gasteiger partial charge in [0.2, 0.25) is 0 Å². The highest BCUT2D eigenvalue weighted by Gasteiger charge is 2.50. The zero-order valence-electron chi connectivity index (χ0n) is 12.0. The van der Waals surface area contributed by atoms with Crippen LogP contribution in [0, 0.1) is 22.7 Å². The number of allylic oxidation sites excluding steroid dienone is 2. The number of Topliss-reactive ketones (excluding diaryl/α,β-unsaturated/α-hetero) is 1. The van der Waals surface area contributed by atoms with Gasteiger partial charge in [-0.2, -0.15) is 0 Å². The van der Waals surface area contributed by atoms with E-state index in [1.54, 1.807) is 12.5 Å². The van der Waals surface area contributed by atoms with Crippen LogP contribution in [0.15, 0.2) is 11.6 Å². The third kappa shape index (κ3) is 2.09. The van der Waals surface area contributed by atoms with Crippen LogP contribution in [-0.4, -0.2) is 5.78 Å². The normalized spacial score (nSPS) is 30.5. The highest BCUT2D eigenvalue weighted by Crippen LogP contribution is 2.60. The average molecular weight is 234 g/mol. The molecule has 3 aliphatic carbocycles. The largest absolute Gasteiger partial charge is 0.299 e. The Morgan fingerprint density at radius 1 is 1.47 bits per heavy atom. The van der Waals surface area contributed by atoms with Crippen LogP contribution in [0.1, 0.15) is 60.3 Å². The molecule has 2 unspecified atom stereocenters. The highest BCUT2D eigenvalue weighted by atomic mass is 16.1. The van der Waals surface area contributed by atoms with Gasteiger partial charge in [-0.15, -0.1) is 0 Å². The van der Waals surface area contributed by atoms with Crippen molar-refractivity contribution >= 4 is 5.78 Å². The van der Waals surface area contributed by atoms with Gasteiger partial charge in [0.25, 0.3) is 0 Å². The van der Waals surface area contributed by atoms with Crippen LogP contribution >= 0.6 is 0 Å². The molecule has 0 spiro atoms. The number of carbonyl (C=O) groups is 1. The van der Waals surface area contributed by atoms with Crippen LogP contribution in [0.2, 0.25) is 0 Å². The molecule has 0 aliphatic heterocycles. The Morgan fingerprint density at radius 3 is 2.59 bits per heavy atom. The minimum atomic E-state index is -0.147. The van der Waals surface area contributed by atoms with E-state index in [2.05, 4.69) is 33.8 Å². The van der Waals surface area contributed by atoms with E-state index in [1.807, 2.05) is 0 Å². The molecular formula is C16H26O. The molecule has 0 aromatic heterocycles. The first-order valence-electron chi connectivity index (χ1n) is 6.95. The van der Waals surface area contributed by atoms with Gasteiger partial charge in [0.05, 0.1) is 0 Å². The predicted octanol–water partition coefficient (Wildman–Crippen LogP) is 4.37. The van der Waals surface area contributed by atoms with Crippen molar-refractivity contribution < 1.29 is 4.79 Å². The number of fused-ring (bicyclic) bond motifs is 1. The fourth-order valence-corrected chi connectivity index (χ4v) is 3.39. The Kier molecular flexibility index (Phi) is 3.00. The van der Waals surface area contributed by atoms with E-state index in [-0.39, 0.29) is 5.41 Å². The average Bonchev–Trinajstić information content (AvgIpc) is 2.26. The minimum Gasteiger partial charge on any atom is -0.299 e. The van der Waals surface area contributed by atoms with E-state index < -0.39 is 0 Å². The molecule has 0 N–H and O–H groups in total. The second-order valence-electron chi connectivity index (χ2n) is 7.26. The smallest absolute Gasteiger partial charge is 0.135 e. The van der Waals surface area contributed by atoms with Crippen molar-refractivity contribution in [3.63, 3.8) is 0 Å². The molecule has 2 atom stereocenters. The van der Waals surface area contributed by atoms with Gasteiger partial charge in [-0.1, -0.05) is 39.3 Å². The molecule has 0 amide bonds. The summed E-state index contributed by atoms with van der Waals surface area (Å²) in [5.74, 6) is 2.03. The SMILES string of the molecule is CC(=O)C(C)(C)CCC1=CCC2CC1C2(C)C. The van der Waals surface area contributed by atoms with Crippen LogP contribution in [0.3, 0.4) is 0 Å². The lowest BCUT2D eigenvalue weighted by Crippen LogP contribution is -2.48. The summed E-state index contributed by atoms with van der Waals surface area (Å²) in [6.07, 6.45) is 7.23. The maximum atomic E-state index is 11.5. The van der Waals surface area contributed by atoms with E-state index in [4.69, 9.17) is 0 Å². The predicted molar refractivity (Wildman–Crippen MR) is 71.8 cm³/mol. The monoisotopic (exact) mass is 234 g/mol. The lowest BCUT2D eigenvalue weighted by atomic mass is 9.48. The van der Waals surface area contributed by atoms with E-state index in [1.165, 1.54) is 12.8 Å². The van der Waals surface area contributed by atoms with Crippen LogP contribution in [0.25, 0.3) is 0 Å². The number of hydrogen-bond donors (Lipinski definition) is 0. The molecule has 0 aromatic carbocycles. The number of rotatable bonds is 4. The van der Waals surface area contributed by atoms with E-state index >= 15 is 0 Å². The van der Waals surface area contributed by atoms with Crippen molar-refractivity contribution in [2.45, 2.75) is 60.3 Å². The van der Waals surface area contributed by atoms with Gasteiger partial charge < -0.3 is 0 Å². The third-order valence-electron chi connectivity index (χ3n) is 5.57. The molecule has 2 bridgehead atoms. The molecule has 1 heteroatoms. The molecule has 1 nitrogen and oxygen atoms in total. The van der Waals surface area contributed by atoms with Crippen molar-refractivity contribution in [2.75, 3.05) is 0 Å². The van der Waals surface area contributed by atoms with Crippen LogP contribution in [-0.2, 0) is 4.79 Å². The standard InChI is InChI=1S/C16H26O/c1-11(17)15(2,3)9-8-12-6-7-13-10-14(12)16(13,4)5/h6,13-14H,7-10H2,1-5H3. The van der Waals surface area contributed by atoms with Gasteiger partial charge in [0.15, 0.2) is 0 Å². The zero-order chi connectivity index (χ0) is 12.8. The summed E-state index contributed by atoms with van der Waals surface area (Å²) in [5, 5.41) is 0. The van der Waals surface area contributed by atoms with Gasteiger partial charge in [-0.05, 0) is 49.9 Å². The van der Waals surface area contributed by atoms with Crippen molar-refractivity contribution in [3.05, 3.63) is 11.6 Å². The summed E-state index contributed by atoms with van der Waals surface area (Å²) in [4.78, 5) is 11.5. The Labute approximate surface area is 106 Å². The molecule has 3 rings (SSSR count). The molecule has 1 saturated carbocycles. The maximum Gasteiger partial charge on any atom is 0.135 e. The third-order valence-corrected chi connectivity index (χ3v) is 5.57. The van der Waals surface area contributed by atoms with Crippen LogP contribution < -0.4 is 0 Å². The first-order valence-corrected chi connectivity index (χ1v) is 6.95. The quantitative estimate of drug-likeness (QED) is 0.660. The lowest BCUT2D eigenvalue weighted by molar-refractivity contribution is -0.125. The number of hydrogen-bond acceptors (Lipinski definition) is 1. The first kappa shape index (κ1) is 12.9. The van der Waals surface area contributed by atoms with Gasteiger partial charge >= 0.3 is 0 Å². The molecular weight excluding hydrogens is 208 g/mol. The van der Waals surface area contributed by atoms with Crippen molar-refractivity contribution in [3.8, 4) is 0 Å². The second-order valence-corrected chi connectivity index (χ2v) is 7.26. The van der Waals surface area contributed by atoms with Gasteiger partial charge in [-0.3, -0.25) is 4.79 Å². The molecule has 3 aliphatic rings. The highest BCUT2D eigenvalue weighted by molar-refractivity contribution is 5.81.